The molecule has 1 unspecified atom stereocenters. The van der Waals surface area contributed by atoms with E-state index in [-0.39, 0.29) is 34.6 Å². The highest BCUT2D eigenvalue weighted by Crippen LogP contribution is 2.51. The maximum Gasteiger partial charge on any atom is 0.244 e. The number of ether oxygens (including phenoxy) is 1. The van der Waals surface area contributed by atoms with E-state index in [0.29, 0.717) is 5.56 Å². The van der Waals surface area contributed by atoms with Gasteiger partial charge in [0.05, 0.1) is 19.1 Å². The lowest BCUT2D eigenvalue weighted by Gasteiger charge is -2.36. The Labute approximate surface area is 180 Å². The zero-order chi connectivity index (χ0) is 23.8. The van der Waals surface area contributed by atoms with Crippen molar-refractivity contribution in [2.75, 3.05) is 18.1 Å². The number of primary amides is 1. The zero-order valence-electron chi connectivity index (χ0n) is 18.3. The number of nitrogens with one attached hydrogen (secondary N) is 1. The number of carbonyl (C=O) groups excluding carboxylic acids is 1. The van der Waals surface area contributed by atoms with E-state index in [1.165, 1.54) is 14.0 Å². The number of allylic oxidation sites excluding steroid dienone is 2. The molecule has 0 aliphatic heterocycles. The number of amides is 1. The van der Waals surface area contributed by atoms with Crippen LogP contribution in [0.15, 0.2) is 40.3 Å². The van der Waals surface area contributed by atoms with Crippen LogP contribution < -0.4 is 15.2 Å². The number of hydrogen-bond donors (Lipinski definition) is 2. The molecule has 0 heterocycles. The van der Waals surface area contributed by atoms with Gasteiger partial charge in [-0.2, -0.15) is 0 Å². The van der Waals surface area contributed by atoms with Crippen molar-refractivity contribution in [3.05, 3.63) is 56.8 Å². The highest BCUT2D eigenvalue weighted by molar-refractivity contribution is 7.92. The SMILES string of the molecule is COc1c(NS(C)(=O)=O)cc(C(C)(C)C)cc1C1(N=[N+]=[N-])CC(C(N)=O)=CC(F)=C1C. The monoisotopic (exact) mass is 451 g/mol. The Morgan fingerprint density at radius 3 is 2.45 bits per heavy atom. The topological polar surface area (TPSA) is 147 Å². The maximum atomic E-state index is 14.9. The van der Waals surface area contributed by atoms with Crippen LogP contribution in [-0.2, 0) is 25.8 Å². The van der Waals surface area contributed by atoms with E-state index < -0.39 is 32.7 Å². The molecule has 9 nitrogen and oxygen atoms in total. The van der Waals surface area contributed by atoms with Gasteiger partial charge >= 0.3 is 0 Å². The molecule has 168 valence electrons. The first-order valence-electron chi connectivity index (χ1n) is 9.30. The van der Waals surface area contributed by atoms with E-state index in [9.17, 15) is 23.1 Å². The van der Waals surface area contributed by atoms with Crippen LogP contribution in [0, 0.1) is 0 Å². The van der Waals surface area contributed by atoms with Crippen LogP contribution >= 0.6 is 0 Å². The first kappa shape index (κ1) is 24.2. The predicted octanol–water partition coefficient (Wildman–Crippen LogP) is 3.93. The van der Waals surface area contributed by atoms with Gasteiger partial charge in [0.1, 0.15) is 17.1 Å². The molecular weight excluding hydrogens is 425 g/mol. The summed E-state index contributed by atoms with van der Waals surface area (Å²) in [5.74, 6) is -1.59. The van der Waals surface area contributed by atoms with E-state index in [0.717, 1.165) is 12.3 Å². The lowest BCUT2D eigenvalue weighted by atomic mass is 9.73. The van der Waals surface area contributed by atoms with E-state index in [1.54, 1.807) is 12.1 Å². The molecule has 1 aromatic carbocycles. The van der Waals surface area contributed by atoms with Crippen molar-refractivity contribution >= 4 is 21.6 Å². The number of nitrogens with two attached hydrogens (primary N) is 1. The van der Waals surface area contributed by atoms with Crippen LogP contribution in [-0.4, -0.2) is 27.7 Å². The van der Waals surface area contributed by atoms with Crippen molar-refractivity contribution in [3.8, 4) is 5.75 Å². The predicted molar refractivity (Wildman–Crippen MR) is 117 cm³/mol. The van der Waals surface area contributed by atoms with Crippen molar-refractivity contribution in [2.24, 2.45) is 10.8 Å². The Bertz CT molecular complexity index is 1140. The number of sulfonamides is 1. The maximum absolute atomic E-state index is 14.9. The molecule has 0 spiro atoms. The molecule has 3 N–H and O–H groups in total. The third kappa shape index (κ3) is 4.83. The molecule has 2 rings (SSSR count). The minimum absolute atomic E-state index is 0.0451. The summed E-state index contributed by atoms with van der Waals surface area (Å²) < 4.78 is 46.8. The molecule has 11 heteroatoms. The highest BCUT2D eigenvalue weighted by atomic mass is 32.2. The van der Waals surface area contributed by atoms with Crippen LogP contribution in [0.25, 0.3) is 10.4 Å². The molecule has 0 saturated heterocycles. The fourth-order valence-corrected chi connectivity index (χ4v) is 4.03. The molecule has 1 aromatic rings. The molecule has 0 aromatic heterocycles. The average molecular weight is 452 g/mol. The van der Waals surface area contributed by atoms with Crippen LogP contribution in [0.4, 0.5) is 10.1 Å². The van der Waals surface area contributed by atoms with Gasteiger partial charge in [0.2, 0.25) is 15.9 Å². The zero-order valence-corrected chi connectivity index (χ0v) is 19.1. The molecule has 0 radical (unpaired) electrons. The second-order valence-corrected chi connectivity index (χ2v) is 10.2. The molecule has 1 amide bonds. The molecule has 0 bridgehead atoms. The number of anilines is 1. The minimum atomic E-state index is -3.71. The number of rotatable bonds is 6. The summed E-state index contributed by atoms with van der Waals surface area (Å²) in [7, 11) is -2.39. The second-order valence-electron chi connectivity index (χ2n) is 8.46. The number of carbonyl (C=O) groups is 1. The summed E-state index contributed by atoms with van der Waals surface area (Å²) in [5.41, 5.74) is 13.6. The Hall–Kier alpha value is -3.04. The number of halogens is 1. The van der Waals surface area contributed by atoms with Crippen LogP contribution in [0.3, 0.4) is 0 Å². The largest absolute Gasteiger partial charge is 0.494 e. The first-order chi connectivity index (χ1) is 14.2. The van der Waals surface area contributed by atoms with E-state index in [4.69, 9.17) is 10.5 Å². The van der Waals surface area contributed by atoms with Crippen molar-refractivity contribution in [2.45, 2.75) is 45.1 Å². The van der Waals surface area contributed by atoms with Gasteiger partial charge in [0.25, 0.3) is 0 Å². The van der Waals surface area contributed by atoms with Crippen LogP contribution in [0.2, 0.25) is 0 Å². The third-order valence-electron chi connectivity index (χ3n) is 5.16. The Balaban J connectivity index is 3.03. The van der Waals surface area contributed by atoms with Crippen LogP contribution in [0.1, 0.15) is 45.2 Å². The van der Waals surface area contributed by atoms with Gasteiger partial charge in [-0.15, -0.1) is 0 Å². The van der Waals surface area contributed by atoms with Gasteiger partial charge in [0, 0.05) is 16.0 Å². The summed E-state index contributed by atoms with van der Waals surface area (Å²) in [5, 5.41) is 3.90. The van der Waals surface area contributed by atoms with E-state index in [2.05, 4.69) is 14.7 Å². The van der Waals surface area contributed by atoms with E-state index in [1.807, 2.05) is 20.8 Å². The summed E-state index contributed by atoms with van der Waals surface area (Å²) in [4.78, 5) is 14.8. The normalized spacial score (nSPS) is 19.4. The Morgan fingerprint density at radius 1 is 1.39 bits per heavy atom. The van der Waals surface area contributed by atoms with Crippen molar-refractivity contribution in [3.63, 3.8) is 0 Å². The molecule has 1 aliphatic rings. The Morgan fingerprint density at radius 2 is 2.00 bits per heavy atom. The quantitative estimate of drug-likeness (QED) is 0.383. The van der Waals surface area contributed by atoms with Crippen molar-refractivity contribution in [1.29, 1.82) is 0 Å². The lowest BCUT2D eigenvalue weighted by molar-refractivity contribution is -0.114. The highest BCUT2D eigenvalue weighted by Gasteiger charge is 2.43. The fourth-order valence-electron chi connectivity index (χ4n) is 3.48. The number of methoxy groups -OCH3 is 1. The number of benzene rings is 1. The fraction of sp³-hybridized carbons (Fsp3) is 0.450. The molecule has 1 atom stereocenters. The number of nitrogens with zero attached hydrogens (tertiary/aromatic N) is 3. The minimum Gasteiger partial charge on any atom is -0.494 e. The van der Waals surface area contributed by atoms with E-state index >= 15 is 0 Å². The molecule has 31 heavy (non-hydrogen) atoms. The second kappa shape index (κ2) is 8.24. The summed E-state index contributed by atoms with van der Waals surface area (Å²) in [6.07, 6.45) is 1.78. The smallest absolute Gasteiger partial charge is 0.244 e. The standard InChI is InChI=1S/C20H26FN5O4S/c1-11-15(21)7-12(18(22)27)10-20(11,25-26-23)14-8-13(19(2,3)4)9-16(17(14)30-5)24-31(6,28)29/h7-9,24H,10H2,1-6H3,(H2,22,27). The van der Waals surface area contributed by atoms with Gasteiger partial charge in [-0.3, -0.25) is 9.52 Å². The molecule has 0 saturated carbocycles. The van der Waals surface area contributed by atoms with Gasteiger partial charge in [0.15, 0.2) is 0 Å². The first-order valence-corrected chi connectivity index (χ1v) is 11.2. The molecule has 1 aliphatic carbocycles. The average Bonchev–Trinajstić information content (AvgIpc) is 2.62. The number of azide groups is 1. The van der Waals surface area contributed by atoms with Gasteiger partial charge in [-0.1, -0.05) is 32.0 Å². The summed E-state index contributed by atoms with van der Waals surface area (Å²) >= 11 is 0. The molecule has 0 fully saturated rings. The lowest BCUT2D eigenvalue weighted by Crippen LogP contribution is -2.33. The van der Waals surface area contributed by atoms with Crippen LogP contribution in [0.5, 0.6) is 5.75 Å². The Kier molecular flexibility index (Phi) is 6.44. The summed E-state index contributed by atoms with van der Waals surface area (Å²) in [6, 6.07) is 3.28. The number of hydrogen-bond acceptors (Lipinski definition) is 5. The summed E-state index contributed by atoms with van der Waals surface area (Å²) in [6.45, 7) is 7.15. The van der Waals surface area contributed by atoms with Gasteiger partial charge in [-0.05, 0) is 47.6 Å². The third-order valence-corrected chi connectivity index (χ3v) is 5.75. The van der Waals surface area contributed by atoms with Crippen molar-refractivity contribution < 1.29 is 22.3 Å². The van der Waals surface area contributed by atoms with Gasteiger partial charge in [-0.25, -0.2) is 12.8 Å². The van der Waals surface area contributed by atoms with Crippen molar-refractivity contribution in [1.82, 2.24) is 0 Å². The van der Waals surface area contributed by atoms with Gasteiger partial charge < -0.3 is 10.5 Å². The molecular formula is C20H26FN5O4S.